The second-order valence-electron chi connectivity index (χ2n) is 12.0. The summed E-state index contributed by atoms with van der Waals surface area (Å²) >= 11 is 0. The number of fused-ring (bicyclic) bond motifs is 5. The van der Waals surface area contributed by atoms with Gasteiger partial charge >= 0.3 is 5.97 Å². The van der Waals surface area contributed by atoms with Crippen LogP contribution in [0.2, 0.25) is 0 Å². The van der Waals surface area contributed by atoms with Crippen LogP contribution in [0.15, 0.2) is 34.2 Å². The molecular formula is C30H40N4O4. The number of benzene rings is 1. The number of carboxylic acid groups (broad SMARTS) is 1. The van der Waals surface area contributed by atoms with Gasteiger partial charge in [-0.1, -0.05) is 49.4 Å². The average molecular weight is 521 g/mol. The summed E-state index contributed by atoms with van der Waals surface area (Å²) in [4.78, 5) is 38.4. The number of oxime groups is 1. The number of hydrogen-bond acceptors (Lipinski definition) is 6. The first-order valence-electron chi connectivity index (χ1n) is 14.8. The van der Waals surface area contributed by atoms with Crippen LogP contribution in [0, 0.1) is 11.8 Å². The molecule has 8 heteroatoms. The van der Waals surface area contributed by atoms with E-state index in [0.29, 0.717) is 23.6 Å². The minimum absolute atomic E-state index is 0.00806. The van der Waals surface area contributed by atoms with Crippen LogP contribution >= 0.6 is 0 Å². The molecule has 2 aromatic rings. The molecule has 1 unspecified atom stereocenters. The van der Waals surface area contributed by atoms with Crippen molar-refractivity contribution in [3.8, 4) is 0 Å². The molecule has 0 spiro atoms. The maximum Gasteiger partial charge on any atom is 0.360 e. The molecule has 0 amide bonds. The van der Waals surface area contributed by atoms with Gasteiger partial charge in [0.05, 0.1) is 11.0 Å². The van der Waals surface area contributed by atoms with Crippen LogP contribution in [0.1, 0.15) is 95.7 Å². The van der Waals surface area contributed by atoms with Crippen molar-refractivity contribution in [1.29, 1.82) is 0 Å². The number of aliphatic carboxylic acids is 1. The molecule has 6 atom stereocenters. The van der Waals surface area contributed by atoms with E-state index in [4.69, 9.17) is 4.84 Å². The Morgan fingerprint density at radius 1 is 0.947 bits per heavy atom. The Labute approximate surface area is 224 Å². The zero-order valence-electron chi connectivity index (χ0n) is 22.4. The molecular weight excluding hydrogens is 480 g/mol. The van der Waals surface area contributed by atoms with Gasteiger partial charge in [0, 0.05) is 24.2 Å². The third-order valence-electron chi connectivity index (χ3n) is 9.65. The lowest BCUT2D eigenvalue weighted by Gasteiger charge is -2.54. The van der Waals surface area contributed by atoms with Gasteiger partial charge in [-0.2, -0.15) is 0 Å². The second kappa shape index (κ2) is 10.8. The van der Waals surface area contributed by atoms with Crippen molar-refractivity contribution < 1.29 is 14.7 Å². The smallest absolute Gasteiger partial charge is 0.360 e. The van der Waals surface area contributed by atoms with Crippen molar-refractivity contribution in [1.82, 2.24) is 14.5 Å². The number of hydrogen-bond donors (Lipinski definition) is 1. The zero-order valence-corrected chi connectivity index (χ0v) is 22.4. The molecule has 1 N–H and O–H groups in total. The Morgan fingerprint density at radius 2 is 1.63 bits per heavy atom. The summed E-state index contributed by atoms with van der Waals surface area (Å²) in [5, 5.41) is 13.6. The Hall–Kier alpha value is -2.74. The summed E-state index contributed by atoms with van der Waals surface area (Å²) in [5.74, 6) is 0.455. The highest BCUT2D eigenvalue weighted by Crippen LogP contribution is 2.47. The Kier molecular flexibility index (Phi) is 7.25. The van der Waals surface area contributed by atoms with E-state index in [-0.39, 0.29) is 23.9 Å². The summed E-state index contributed by atoms with van der Waals surface area (Å²) < 4.78 is 1.84. The number of aromatic nitrogens is 2. The van der Waals surface area contributed by atoms with Gasteiger partial charge in [-0.05, 0) is 75.8 Å². The van der Waals surface area contributed by atoms with Crippen molar-refractivity contribution in [3.63, 3.8) is 0 Å². The van der Waals surface area contributed by atoms with Gasteiger partial charge in [0.2, 0.25) is 5.71 Å². The summed E-state index contributed by atoms with van der Waals surface area (Å²) in [6.45, 7) is 1.94. The van der Waals surface area contributed by atoms with Crippen LogP contribution in [0.4, 0.5) is 0 Å². The van der Waals surface area contributed by atoms with E-state index in [1.54, 1.807) is 6.92 Å². The van der Waals surface area contributed by atoms with Crippen molar-refractivity contribution in [2.75, 3.05) is 6.61 Å². The molecule has 204 valence electrons. The number of nitrogens with zero attached hydrogens (tertiary/aromatic N) is 4. The quantitative estimate of drug-likeness (QED) is 0.419. The Morgan fingerprint density at radius 3 is 2.29 bits per heavy atom. The SMILES string of the molecule is CCO/N=C(\C(=O)O)c1nc2ccccc2n([C@@H]2CC3CCC[C@H](C2)N3[C@@H]2C[C@@H]3CCCC[C@@H](C3)C2)c1=O. The lowest BCUT2D eigenvalue weighted by atomic mass is 9.73. The van der Waals surface area contributed by atoms with Gasteiger partial charge in [-0.25, -0.2) is 9.78 Å². The van der Waals surface area contributed by atoms with Crippen molar-refractivity contribution in [2.24, 2.45) is 17.0 Å². The first-order valence-corrected chi connectivity index (χ1v) is 14.8. The maximum atomic E-state index is 14.0. The number of para-hydroxylation sites is 2. The Bertz CT molecular complexity index is 1240. The monoisotopic (exact) mass is 520 g/mol. The summed E-state index contributed by atoms with van der Waals surface area (Å²) in [5.41, 5.74) is 0.413. The molecule has 4 bridgehead atoms. The van der Waals surface area contributed by atoms with Gasteiger partial charge in [0.25, 0.3) is 5.56 Å². The fraction of sp³-hybridized carbons (Fsp3) is 0.667. The van der Waals surface area contributed by atoms with Crippen molar-refractivity contribution in [3.05, 3.63) is 40.3 Å². The number of carbonyl (C=O) groups is 1. The highest BCUT2D eigenvalue weighted by molar-refractivity contribution is 6.41. The van der Waals surface area contributed by atoms with Gasteiger partial charge in [0.15, 0.2) is 5.69 Å². The molecule has 8 nitrogen and oxygen atoms in total. The van der Waals surface area contributed by atoms with E-state index in [9.17, 15) is 14.7 Å². The van der Waals surface area contributed by atoms with E-state index >= 15 is 0 Å². The second-order valence-corrected chi connectivity index (χ2v) is 12.0. The molecule has 0 radical (unpaired) electrons. The molecule has 1 aromatic carbocycles. The third-order valence-corrected chi connectivity index (χ3v) is 9.65. The highest BCUT2D eigenvalue weighted by atomic mass is 16.6. The molecule has 38 heavy (non-hydrogen) atoms. The molecule has 2 aliphatic heterocycles. The maximum absolute atomic E-state index is 14.0. The summed E-state index contributed by atoms with van der Waals surface area (Å²) in [7, 11) is 0. The lowest BCUT2D eigenvalue weighted by Crippen LogP contribution is -2.58. The first kappa shape index (κ1) is 25.5. The van der Waals surface area contributed by atoms with Crippen LogP contribution in [-0.2, 0) is 9.63 Å². The van der Waals surface area contributed by atoms with E-state index in [0.717, 1.165) is 30.2 Å². The number of carboxylic acids is 1. The molecule has 2 saturated carbocycles. The van der Waals surface area contributed by atoms with Crippen LogP contribution in [0.3, 0.4) is 0 Å². The van der Waals surface area contributed by atoms with E-state index in [2.05, 4.69) is 15.0 Å². The molecule has 1 aromatic heterocycles. The zero-order chi connectivity index (χ0) is 26.2. The van der Waals surface area contributed by atoms with Gasteiger partial charge in [-0.15, -0.1) is 0 Å². The van der Waals surface area contributed by atoms with Crippen molar-refractivity contribution >= 4 is 22.7 Å². The molecule has 2 aliphatic carbocycles. The van der Waals surface area contributed by atoms with Crippen LogP contribution < -0.4 is 5.56 Å². The van der Waals surface area contributed by atoms with E-state index in [1.165, 1.54) is 64.2 Å². The third kappa shape index (κ3) is 4.76. The van der Waals surface area contributed by atoms with Crippen LogP contribution in [0.25, 0.3) is 11.0 Å². The predicted octanol–water partition coefficient (Wildman–Crippen LogP) is 5.14. The number of piperidine rings is 2. The topological polar surface area (TPSA) is 97.0 Å². The minimum Gasteiger partial charge on any atom is -0.476 e. The summed E-state index contributed by atoms with van der Waals surface area (Å²) in [6.07, 6.45) is 15.1. The fourth-order valence-corrected chi connectivity index (χ4v) is 8.29. The van der Waals surface area contributed by atoms with Crippen LogP contribution in [0.5, 0.6) is 0 Å². The van der Waals surface area contributed by atoms with Gasteiger partial charge < -0.3 is 14.5 Å². The predicted molar refractivity (Wildman–Crippen MR) is 146 cm³/mol. The number of rotatable bonds is 6. The lowest BCUT2D eigenvalue weighted by molar-refractivity contribution is -0.129. The largest absolute Gasteiger partial charge is 0.476 e. The van der Waals surface area contributed by atoms with E-state index in [1.807, 2.05) is 28.8 Å². The Balaban J connectivity index is 1.36. The molecule has 4 aliphatic rings. The highest BCUT2D eigenvalue weighted by Gasteiger charge is 2.45. The van der Waals surface area contributed by atoms with Gasteiger partial charge in [0.1, 0.15) is 6.61 Å². The first-order chi connectivity index (χ1) is 18.5. The molecule has 2 saturated heterocycles. The van der Waals surface area contributed by atoms with Gasteiger partial charge in [-0.3, -0.25) is 9.69 Å². The van der Waals surface area contributed by atoms with Crippen molar-refractivity contribution in [2.45, 2.75) is 108 Å². The minimum atomic E-state index is -1.31. The molecule has 6 rings (SSSR count). The fourth-order valence-electron chi connectivity index (χ4n) is 8.29. The standard InChI is InChI=1S/C30H40N4O4/c1-2-38-32-28(30(36)37)27-29(35)34(26-13-6-5-12-25(26)31-27)24-17-21-10-7-11-22(18-24)33(21)23-15-19-8-3-4-9-20(14-19)16-23/h5-6,12-13,19-24H,2-4,7-11,14-18H2,1H3,(H,36,37)/b32-28-/t19-,20+,21-,22?,23-,24+/m1/s1. The van der Waals surface area contributed by atoms with E-state index < -0.39 is 11.7 Å². The molecule has 3 heterocycles. The van der Waals surface area contributed by atoms with Crippen LogP contribution in [-0.4, -0.2) is 56.0 Å². The normalized spacial score (nSPS) is 32.1. The molecule has 4 fully saturated rings. The average Bonchev–Trinajstić information content (AvgIpc) is 3.07. The summed E-state index contributed by atoms with van der Waals surface area (Å²) in [6, 6.07) is 9.18.